The van der Waals surface area contributed by atoms with Crippen molar-refractivity contribution in [2.75, 3.05) is 13.2 Å². The predicted octanol–water partition coefficient (Wildman–Crippen LogP) is 5.47. The second kappa shape index (κ2) is 8.60. The maximum atomic E-state index is 11.2. The van der Waals surface area contributed by atoms with Crippen LogP contribution in [-0.2, 0) is 6.42 Å². The van der Waals surface area contributed by atoms with Crippen LogP contribution in [0.15, 0.2) is 34.8 Å². The SMILES string of the molecule is CCOc1cc(C(=O)O)cc(OCCc2ccc(Cl)cc2Cl)c1Br. The lowest BCUT2D eigenvalue weighted by Gasteiger charge is -2.13. The molecule has 0 radical (unpaired) electrons. The molecule has 4 nitrogen and oxygen atoms in total. The van der Waals surface area contributed by atoms with Crippen molar-refractivity contribution in [1.82, 2.24) is 0 Å². The first kappa shape index (κ1) is 18.9. The first-order valence-electron chi connectivity index (χ1n) is 7.18. The molecule has 7 heteroatoms. The van der Waals surface area contributed by atoms with Gasteiger partial charge in [0.15, 0.2) is 0 Å². The van der Waals surface area contributed by atoms with Crippen molar-refractivity contribution in [1.29, 1.82) is 0 Å². The Kier molecular flexibility index (Phi) is 6.78. The van der Waals surface area contributed by atoms with Crippen molar-refractivity contribution >= 4 is 45.1 Å². The van der Waals surface area contributed by atoms with Gasteiger partial charge in [-0.1, -0.05) is 29.3 Å². The normalized spacial score (nSPS) is 10.5. The summed E-state index contributed by atoms with van der Waals surface area (Å²) in [5, 5.41) is 10.3. The number of aromatic carboxylic acids is 1. The summed E-state index contributed by atoms with van der Waals surface area (Å²) in [6.45, 7) is 2.57. The van der Waals surface area contributed by atoms with Gasteiger partial charge in [-0.05, 0) is 52.7 Å². The fourth-order valence-corrected chi connectivity index (χ4v) is 3.02. The van der Waals surface area contributed by atoms with Crippen LogP contribution < -0.4 is 9.47 Å². The first-order valence-corrected chi connectivity index (χ1v) is 8.73. The van der Waals surface area contributed by atoms with Crippen LogP contribution in [0.3, 0.4) is 0 Å². The largest absolute Gasteiger partial charge is 0.493 e. The molecule has 0 atom stereocenters. The molecule has 0 heterocycles. The zero-order chi connectivity index (χ0) is 17.7. The lowest BCUT2D eigenvalue weighted by molar-refractivity contribution is 0.0695. The highest BCUT2D eigenvalue weighted by Crippen LogP contribution is 2.36. The second-order valence-corrected chi connectivity index (χ2v) is 6.50. The summed E-state index contributed by atoms with van der Waals surface area (Å²) in [7, 11) is 0. The van der Waals surface area contributed by atoms with Crippen molar-refractivity contribution in [3.63, 3.8) is 0 Å². The van der Waals surface area contributed by atoms with Gasteiger partial charge in [0, 0.05) is 16.5 Å². The standard InChI is InChI=1S/C17H15BrCl2O4/c1-2-23-14-7-11(17(21)22)8-15(16(14)18)24-6-5-10-3-4-12(19)9-13(10)20/h3-4,7-9H,2,5-6H2,1H3,(H,21,22). The third kappa shape index (κ3) is 4.79. The average Bonchev–Trinajstić information content (AvgIpc) is 2.52. The molecule has 2 aromatic carbocycles. The van der Waals surface area contributed by atoms with E-state index in [2.05, 4.69) is 15.9 Å². The van der Waals surface area contributed by atoms with Crippen LogP contribution in [0.4, 0.5) is 0 Å². The number of hydrogen-bond donors (Lipinski definition) is 1. The van der Waals surface area contributed by atoms with Crippen LogP contribution in [-0.4, -0.2) is 24.3 Å². The minimum atomic E-state index is -1.05. The summed E-state index contributed by atoms with van der Waals surface area (Å²) in [5.41, 5.74) is 0.998. The molecule has 0 aliphatic rings. The third-order valence-corrected chi connectivity index (χ3v) is 4.57. The number of rotatable bonds is 7. The molecule has 2 rings (SSSR count). The highest BCUT2D eigenvalue weighted by molar-refractivity contribution is 9.10. The van der Waals surface area contributed by atoms with Crippen molar-refractivity contribution in [3.05, 3.63) is 56.0 Å². The number of hydrogen-bond acceptors (Lipinski definition) is 3. The van der Waals surface area contributed by atoms with Crippen LogP contribution in [0.5, 0.6) is 11.5 Å². The number of benzene rings is 2. The summed E-state index contributed by atoms with van der Waals surface area (Å²) < 4.78 is 11.7. The van der Waals surface area contributed by atoms with E-state index in [0.29, 0.717) is 45.7 Å². The topological polar surface area (TPSA) is 55.8 Å². The van der Waals surface area contributed by atoms with Gasteiger partial charge in [-0.15, -0.1) is 0 Å². The Balaban J connectivity index is 2.14. The number of carboxylic acid groups (broad SMARTS) is 1. The van der Waals surface area contributed by atoms with Crippen molar-refractivity contribution in [2.45, 2.75) is 13.3 Å². The first-order chi connectivity index (χ1) is 11.4. The fourth-order valence-electron chi connectivity index (χ4n) is 2.06. The van der Waals surface area contributed by atoms with Crippen LogP contribution in [0.1, 0.15) is 22.8 Å². The molecule has 0 aromatic heterocycles. The monoisotopic (exact) mass is 432 g/mol. The van der Waals surface area contributed by atoms with E-state index < -0.39 is 5.97 Å². The number of carboxylic acids is 1. The fraction of sp³-hybridized carbons (Fsp3) is 0.235. The van der Waals surface area contributed by atoms with Gasteiger partial charge >= 0.3 is 5.97 Å². The molecule has 24 heavy (non-hydrogen) atoms. The Morgan fingerprint density at radius 3 is 2.42 bits per heavy atom. The average molecular weight is 434 g/mol. The molecular weight excluding hydrogens is 419 g/mol. The van der Waals surface area contributed by atoms with E-state index in [-0.39, 0.29) is 5.56 Å². The van der Waals surface area contributed by atoms with Crippen LogP contribution in [0.2, 0.25) is 10.0 Å². The highest BCUT2D eigenvalue weighted by atomic mass is 79.9. The molecule has 128 valence electrons. The molecule has 0 aliphatic heterocycles. The Hall–Kier alpha value is -1.43. The molecule has 0 unspecified atom stereocenters. The van der Waals surface area contributed by atoms with Crippen LogP contribution >= 0.6 is 39.1 Å². The molecule has 0 saturated heterocycles. The zero-order valence-electron chi connectivity index (χ0n) is 12.8. The summed E-state index contributed by atoms with van der Waals surface area (Å²) >= 11 is 15.4. The van der Waals surface area contributed by atoms with Crippen molar-refractivity contribution < 1.29 is 19.4 Å². The number of ether oxygens (including phenoxy) is 2. The maximum Gasteiger partial charge on any atom is 0.335 e. The van der Waals surface area contributed by atoms with Crippen LogP contribution in [0.25, 0.3) is 0 Å². The summed E-state index contributed by atoms with van der Waals surface area (Å²) in [6, 6.07) is 8.18. The molecule has 2 aromatic rings. The van der Waals surface area contributed by atoms with Gasteiger partial charge in [0.05, 0.1) is 18.8 Å². The van der Waals surface area contributed by atoms with Crippen LogP contribution in [0, 0.1) is 0 Å². The Morgan fingerprint density at radius 2 is 1.83 bits per heavy atom. The summed E-state index contributed by atoms with van der Waals surface area (Å²) in [4.78, 5) is 11.2. The Bertz CT molecular complexity index is 750. The van der Waals surface area contributed by atoms with Crippen molar-refractivity contribution in [2.24, 2.45) is 0 Å². The van der Waals surface area contributed by atoms with E-state index in [9.17, 15) is 9.90 Å². The lowest BCUT2D eigenvalue weighted by Crippen LogP contribution is -2.06. The minimum Gasteiger partial charge on any atom is -0.493 e. The smallest absolute Gasteiger partial charge is 0.335 e. The van der Waals surface area contributed by atoms with Gasteiger partial charge in [-0.3, -0.25) is 0 Å². The molecule has 0 spiro atoms. The summed E-state index contributed by atoms with van der Waals surface area (Å²) in [6.07, 6.45) is 0.559. The molecular formula is C17H15BrCl2O4. The van der Waals surface area contributed by atoms with E-state index in [4.69, 9.17) is 32.7 Å². The molecule has 0 fully saturated rings. The molecule has 1 N–H and O–H groups in total. The number of halogens is 3. The second-order valence-electron chi connectivity index (χ2n) is 4.86. The predicted molar refractivity (Wildman–Crippen MR) is 97.9 cm³/mol. The van der Waals surface area contributed by atoms with Gasteiger partial charge in [0.1, 0.15) is 16.0 Å². The van der Waals surface area contributed by atoms with E-state index in [1.807, 2.05) is 13.0 Å². The van der Waals surface area contributed by atoms with E-state index >= 15 is 0 Å². The minimum absolute atomic E-state index is 0.0983. The van der Waals surface area contributed by atoms with E-state index in [0.717, 1.165) is 5.56 Å². The van der Waals surface area contributed by atoms with Gasteiger partial charge in [0.25, 0.3) is 0 Å². The number of carbonyl (C=O) groups is 1. The highest BCUT2D eigenvalue weighted by Gasteiger charge is 2.15. The van der Waals surface area contributed by atoms with E-state index in [1.165, 1.54) is 12.1 Å². The van der Waals surface area contributed by atoms with Gasteiger partial charge < -0.3 is 14.6 Å². The lowest BCUT2D eigenvalue weighted by atomic mass is 10.1. The molecule has 0 aliphatic carbocycles. The maximum absolute atomic E-state index is 11.2. The quantitative estimate of drug-likeness (QED) is 0.628. The van der Waals surface area contributed by atoms with Crippen molar-refractivity contribution in [3.8, 4) is 11.5 Å². The van der Waals surface area contributed by atoms with Gasteiger partial charge in [-0.2, -0.15) is 0 Å². The summed E-state index contributed by atoms with van der Waals surface area (Å²) in [5.74, 6) is -0.214. The Labute approximate surface area is 158 Å². The van der Waals surface area contributed by atoms with E-state index in [1.54, 1.807) is 12.1 Å². The third-order valence-electron chi connectivity index (χ3n) is 3.20. The molecule has 0 bridgehead atoms. The molecule has 0 saturated carbocycles. The van der Waals surface area contributed by atoms with Gasteiger partial charge in [-0.25, -0.2) is 4.79 Å². The molecule has 0 amide bonds. The Morgan fingerprint density at radius 1 is 1.17 bits per heavy atom. The zero-order valence-corrected chi connectivity index (χ0v) is 15.9. The van der Waals surface area contributed by atoms with Gasteiger partial charge in [0.2, 0.25) is 0 Å².